The van der Waals surface area contributed by atoms with E-state index in [2.05, 4.69) is 80.5 Å². The van der Waals surface area contributed by atoms with Crippen LogP contribution in [0.15, 0.2) is 69.6 Å². The topological polar surface area (TPSA) is 184 Å². The fraction of sp³-hybridized carbons (Fsp3) is 0.592. The highest BCUT2D eigenvalue weighted by Crippen LogP contribution is 2.57. The SMILES string of the molecule is C.CC(=O)OC[C@@H](CCC=C(C)C)[C@@H]1CC[C@@H](C)c2c1cc(C)c(OC(C)=O)c2OC(C)=O.CC(=O)Oc1cc(C)c2c3c1[C@H](C)CC[C@H]3[C@H](CCC=C(C)C)C(OC(C)=O)O2.CC(C)=CCC[C@@H]1COC2=C(C)C(=O)C(=O)C3=C2[C@H]1CC[C@H]3C. The number of hydrogen-bond acceptors (Lipinski definition) is 14. The van der Waals surface area contributed by atoms with E-state index in [1.807, 2.05) is 26.0 Å². The molecule has 14 heteroatoms. The molecule has 0 saturated carbocycles. The molecule has 0 amide bonds. The number of carbonyl (C=O) groups excluding carboxylic acids is 7. The number of esters is 5. The Labute approximate surface area is 506 Å². The van der Waals surface area contributed by atoms with Crippen molar-refractivity contribution in [3.8, 4) is 23.0 Å². The number of aryl methyl sites for hydroxylation is 2. The van der Waals surface area contributed by atoms with Gasteiger partial charge in [-0.15, -0.1) is 0 Å². The Morgan fingerprint density at radius 3 is 1.75 bits per heavy atom. The first kappa shape index (κ1) is 69.2. The van der Waals surface area contributed by atoms with Crippen molar-refractivity contribution in [2.75, 3.05) is 13.2 Å². The Bertz CT molecular complexity index is 3000. The molecule has 2 aliphatic heterocycles. The van der Waals surface area contributed by atoms with Gasteiger partial charge in [0.2, 0.25) is 17.9 Å². The number of Topliss-reactive ketones (excluding diaryl/α,β-unsaturated/α-hetero) is 2. The molecule has 85 heavy (non-hydrogen) atoms. The second-order valence-electron chi connectivity index (χ2n) is 25.1. The average Bonchev–Trinajstić information content (AvgIpc) is 0.950. The quantitative estimate of drug-likeness (QED) is 0.0508. The van der Waals surface area contributed by atoms with Gasteiger partial charge in [0.25, 0.3) is 0 Å². The minimum atomic E-state index is -0.588. The molecule has 1 saturated heterocycles. The number of benzene rings is 2. The molecule has 466 valence electrons. The van der Waals surface area contributed by atoms with Gasteiger partial charge in [0.15, 0.2) is 11.5 Å². The molecule has 1 unspecified atom stereocenters. The molecule has 2 aromatic rings. The lowest BCUT2D eigenvalue weighted by atomic mass is 9.65. The van der Waals surface area contributed by atoms with Crippen molar-refractivity contribution >= 4 is 41.4 Å². The summed E-state index contributed by atoms with van der Waals surface area (Å²) in [4.78, 5) is 83.4. The van der Waals surface area contributed by atoms with Crippen molar-refractivity contribution in [1.82, 2.24) is 0 Å². The summed E-state index contributed by atoms with van der Waals surface area (Å²) >= 11 is 0. The van der Waals surface area contributed by atoms with Gasteiger partial charge in [-0.05, 0) is 198 Å². The highest BCUT2D eigenvalue weighted by Gasteiger charge is 2.48. The summed E-state index contributed by atoms with van der Waals surface area (Å²) in [5, 5.41) is 0. The number of rotatable bonds is 16. The van der Waals surface area contributed by atoms with Gasteiger partial charge in [0.05, 0.1) is 13.2 Å². The van der Waals surface area contributed by atoms with Crippen molar-refractivity contribution < 1.29 is 66.7 Å². The number of allylic oxidation sites excluding steroid dienone is 9. The van der Waals surface area contributed by atoms with Gasteiger partial charge in [-0.25, -0.2) is 0 Å². The third-order valence-electron chi connectivity index (χ3n) is 17.5. The van der Waals surface area contributed by atoms with E-state index < -0.39 is 18.2 Å². The molecule has 0 aromatic heterocycles. The van der Waals surface area contributed by atoms with Crippen molar-refractivity contribution in [1.29, 1.82) is 0 Å². The van der Waals surface area contributed by atoms with Gasteiger partial charge < -0.3 is 33.2 Å². The van der Waals surface area contributed by atoms with E-state index in [4.69, 9.17) is 33.2 Å². The third kappa shape index (κ3) is 17.1. The third-order valence-corrected chi connectivity index (χ3v) is 17.5. The van der Waals surface area contributed by atoms with Crippen LogP contribution < -0.4 is 18.9 Å². The lowest BCUT2D eigenvalue weighted by Crippen LogP contribution is -2.41. The average molecular weight is 1180 g/mol. The van der Waals surface area contributed by atoms with Crippen LogP contribution in [0.5, 0.6) is 23.0 Å². The molecular formula is C71H98O14. The largest absolute Gasteiger partial charge is 0.493 e. The second kappa shape index (κ2) is 30.7. The van der Waals surface area contributed by atoms with Crippen LogP contribution in [-0.2, 0) is 47.8 Å². The summed E-state index contributed by atoms with van der Waals surface area (Å²) in [5.41, 5.74) is 12.1. The zero-order valence-electron chi connectivity index (χ0n) is 53.3. The molecule has 0 spiro atoms. The molecule has 8 rings (SSSR count). The Morgan fingerprint density at radius 2 is 1.15 bits per heavy atom. The van der Waals surface area contributed by atoms with E-state index >= 15 is 0 Å². The van der Waals surface area contributed by atoms with Gasteiger partial charge >= 0.3 is 29.8 Å². The van der Waals surface area contributed by atoms with E-state index in [9.17, 15) is 33.6 Å². The lowest BCUT2D eigenvalue weighted by molar-refractivity contribution is -0.174. The molecule has 0 radical (unpaired) electrons. The minimum Gasteiger partial charge on any atom is -0.493 e. The van der Waals surface area contributed by atoms with E-state index in [0.717, 1.165) is 133 Å². The fourth-order valence-corrected chi connectivity index (χ4v) is 13.6. The predicted molar refractivity (Wildman–Crippen MR) is 331 cm³/mol. The van der Waals surface area contributed by atoms with Crippen LogP contribution in [0.2, 0.25) is 0 Å². The molecular weight excluding hydrogens is 1080 g/mol. The monoisotopic (exact) mass is 1170 g/mol. The molecule has 4 aliphatic carbocycles. The molecule has 10 atom stereocenters. The minimum absolute atomic E-state index is 0. The standard InChI is InChI=1S/C26H36O6.C24H32O5.C20H26O3.CH4/c1-15(2)9-8-10-21(14-30-18(5)27)22-12-11-16(3)24-23(22)13-17(4)25(31-19(6)28)26(24)32-20(7)29;1-13(2)8-7-9-19-18-11-10-14(3)21-20(27-16(5)25)12-15(4)23(22(18)21)29-24(19)28-17(6)26;1-11(2)6-5-7-14-10-23-20-13(4)18(21)19(22)16-12(3)8-9-15(14)17(16)20;/h9,13,16,21-22H,8,10-12,14H2,1-7H3;8,12,14,18-19,24H,7,9-11H2,1-6H3;6,12,14-15H,5,7-10H2,1-4H3;1H4/t16-,21-,22+;14-,18+,19+,24?;12-,14-,15+;/m111./s1. The molecule has 2 aromatic carbocycles. The summed E-state index contributed by atoms with van der Waals surface area (Å²) in [6.07, 6.45) is 17.7. The van der Waals surface area contributed by atoms with Crippen LogP contribution >= 0.6 is 0 Å². The number of ether oxygens (including phenoxy) is 7. The maximum absolute atomic E-state index is 12.5. The summed E-state index contributed by atoms with van der Waals surface area (Å²) in [7, 11) is 0. The molecule has 1 fully saturated rings. The summed E-state index contributed by atoms with van der Waals surface area (Å²) in [6, 6.07) is 3.92. The molecule has 2 heterocycles. The highest BCUT2D eigenvalue weighted by atomic mass is 16.7. The van der Waals surface area contributed by atoms with Crippen LogP contribution in [0.1, 0.15) is 245 Å². The van der Waals surface area contributed by atoms with Crippen LogP contribution in [-0.4, -0.2) is 60.9 Å². The first-order chi connectivity index (χ1) is 39.6. The molecule has 6 aliphatic rings. The number of ketones is 2. The Balaban J connectivity index is 0.000000234. The molecule has 0 N–H and O–H groups in total. The fourth-order valence-electron chi connectivity index (χ4n) is 13.6. The van der Waals surface area contributed by atoms with Gasteiger partial charge in [-0.1, -0.05) is 69.2 Å². The first-order valence-electron chi connectivity index (χ1n) is 30.6. The van der Waals surface area contributed by atoms with Crippen molar-refractivity contribution in [2.24, 2.45) is 29.6 Å². The van der Waals surface area contributed by atoms with Crippen LogP contribution in [0.3, 0.4) is 0 Å². The summed E-state index contributed by atoms with van der Waals surface area (Å²) < 4.78 is 40.0. The van der Waals surface area contributed by atoms with E-state index in [0.29, 0.717) is 47.9 Å². The number of hydrogen-bond donors (Lipinski definition) is 0. The van der Waals surface area contributed by atoms with Gasteiger partial charge in [0.1, 0.15) is 17.3 Å². The normalized spacial score (nSPS) is 23.5. The van der Waals surface area contributed by atoms with Gasteiger partial charge in [-0.2, -0.15) is 0 Å². The highest BCUT2D eigenvalue weighted by molar-refractivity contribution is 6.50. The van der Waals surface area contributed by atoms with Gasteiger partial charge in [0, 0.05) is 85.8 Å². The second-order valence-corrected chi connectivity index (χ2v) is 25.1. The van der Waals surface area contributed by atoms with E-state index in [-0.39, 0.29) is 78.3 Å². The van der Waals surface area contributed by atoms with Gasteiger partial charge in [-0.3, -0.25) is 33.6 Å². The lowest BCUT2D eigenvalue weighted by Gasteiger charge is -2.44. The summed E-state index contributed by atoms with van der Waals surface area (Å²) in [6.45, 7) is 32.4. The Kier molecular flexibility index (Phi) is 25.0. The first-order valence-corrected chi connectivity index (χ1v) is 30.6. The van der Waals surface area contributed by atoms with Crippen LogP contribution in [0, 0.1) is 43.4 Å². The maximum atomic E-state index is 12.5. The zero-order valence-corrected chi connectivity index (χ0v) is 53.3. The van der Waals surface area contributed by atoms with Crippen molar-refractivity contribution in [2.45, 2.75) is 232 Å². The van der Waals surface area contributed by atoms with E-state index in [1.165, 1.54) is 51.3 Å². The number of fused-ring (bicyclic) bond motifs is 1. The maximum Gasteiger partial charge on any atom is 0.308 e. The molecule has 14 nitrogen and oxygen atoms in total. The van der Waals surface area contributed by atoms with Crippen molar-refractivity contribution in [3.63, 3.8) is 0 Å². The number of carbonyl (C=O) groups is 7. The van der Waals surface area contributed by atoms with E-state index in [1.54, 1.807) is 6.92 Å². The summed E-state index contributed by atoms with van der Waals surface area (Å²) in [5.74, 6) is 2.26. The Hall–Kier alpha value is -6.57. The predicted octanol–water partition coefficient (Wildman–Crippen LogP) is 16.1. The smallest absolute Gasteiger partial charge is 0.308 e. The Morgan fingerprint density at radius 1 is 0.588 bits per heavy atom. The van der Waals surface area contributed by atoms with Crippen molar-refractivity contribution in [3.05, 3.63) is 103 Å². The molecule has 0 bridgehead atoms. The zero-order chi connectivity index (χ0) is 62.0. The van der Waals surface area contributed by atoms with Crippen LogP contribution in [0.4, 0.5) is 0 Å². The van der Waals surface area contributed by atoms with Crippen LogP contribution in [0.25, 0.3) is 0 Å².